The molecule has 0 radical (unpaired) electrons. The maximum Gasteiger partial charge on any atom is 0.292 e. The van der Waals surface area contributed by atoms with E-state index in [0.717, 1.165) is 5.56 Å². The Balaban J connectivity index is 2.10. The van der Waals surface area contributed by atoms with Crippen molar-refractivity contribution in [2.75, 3.05) is 30.3 Å². The third-order valence-electron chi connectivity index (χ3n) is 3.35. The second kappa shape index (κ2) is 5.76. The van der Waals surface area contributed by atoms with Crippen LogP contribution in [0.25, 0.3) is 0 Å². The fourth-order valence-electron chi connectivity index (χ4n) is 2.25. The molecule has 0 unspecified atom stereocenters. The van der Waals surface area contributed by atoms with Gasteiger partial charge < -0.3 is 5.73 Å². The molecular weight excluding hydrogens is 282 g/mol. The van der Waals surface area contributed by atoms with E-state index in [2.05, 4.69) is 0 Å². The molecule has 7 nitrogen and oxygen atoms in total. The summed E-state index contributed by atoms with van der Waals surface area (Å²) in [6.45, 7) is 1.63. The average molecular weight is 299 g/mol. The lowest BCUT2D eigenvalue weighted by molar-refractivity contribution is -0.384. The van der Waals surface area contributed by atoms with E-state index < -0.39 is 14.8 Å². The smallest absolute Gasteiger partial charge is 0.292 e. The maximum absolute atomic E-state index is 11.5. The van der Waals surface area contributed by atoms with Crippen molar-refractivity contribution in [3.63, 3.8) is 0 Å². The van der Waals surface area contributed by atoms with Crippen molar-refractivity contribution in [1.82, 2.24) is 4.90 Å². The Hall–Kier alpha value is -1.67. The van der Waals surface area contributed by atoms with Crippen LogP contribution in [0.2, 0.25) is 0 Å². The van der Waals surface area contributed by atoms with Crippen molar-refractivity contribution in [1.29, 1.82) is 0 Å². The van der Waals surface area contributed by atoms with Crippen LogP contribution in [0, 0.1) is 10.1 Å². The molecule has 0 amide bonds. The molecule has 0 saturated carbocycles. The van der Waals surface area contributed by atoms with Gasteiger partial charge in [0.25, 0.3) is 5.69 Å². The average Bonchev–Trinajstić information content (AvgIpc) is 2.53. The number of hydrogen-bond donors (Lipinski definition) is 1. The van der Waals surface area contributed by atoms with Gasteiger partial charge in [0.15, 0.2) is 9.84 Å². The molecule has 1 aromatic rings. The SMILES string of the molecule is Nc1ccc(CN2CCCS(=O)(=O)CC2)cc1[N+](=O)[O-]. The zero-order chi connectivity index (χ0) is 14.8. The number of nitro groups is 1. The summed E-state index contributed by atoms with van der Waals surface area (Å²) < 4.78 is 23.0. The Kier molecular flexibility index (Phi) is 4.24. The monoisotopic (exact) mass is 299 g/mol. The van der Waals surface area contributed by atoms with Crippen molar-refractivity contribution in [3.8, 4) is 0 Å². The standard InChI is InChI=1S/C12H17N3O4S/c13-11-3-2-10(8-12(11)15(16)17)9-14-4-1-6-20(18,19)7-5-14/h2-3,8H,1,4-7,9,13H2. The zero-order valence-corrected chi connectivity index (χ0v) is 11.8. The van der Waals surface area contributed by atoms with Gasteiger partial charge in [-0.1, -0.05) is 6.07 Å². The molecule has 110 valence electrons. The number of hydrogen-bond acceptors (Lipinski definition) is 6. The topological polar surface area (TPSA) is 107 Å². The molecule has 1 fully saturated rings. The van der Waals surface area contributed by atoms with E-state index in [4.69, 9.17) is 5.73 Å². The number of nitro benzene ring substituents is 1. The van der Waals surface area contributed by atoms with Crippen LogP contribution in [0.1, 0.15) is 12.0 Å². The van der Waals surface area contributed by atoms with E-state index in [1.807, 2.05) is 4.90 Å². The van der Waals surface area contributed by atoms with Gasteiger partial charge in [0.2, 0.25) is 0 Å². The number of rotatable bonds is 3. The van der Waals surface area contributed by atoms with Crippen LogP contribution in [-0.4, -0.2) is 42.8 Å². The van der Waals surface area contributed by atoms with Gasteiger partial charge in [-0.3, -0.25) is 15.0 Å². The molecule has 0 aromatic heterocycles. The van der Waals surface area contributed by atoms with E-state index >= 15 is 0 Å². The van der Waals surface area contributed by atoms with Gasteiger partial charge in [-0.25, -0.2) is 8.42 Å². The fourth-order valence-corrected chi connectivity index (χ4v) is 3.56. The maximum atomic E-state index is 11.5. The van der Waals surface area contributed by atoms with E-state index in [-0.39, 0.29) is 22.9 Å². The van der Waals surface area contributed by atoms with E-state index in [0.29, 0.717) is 26.1 Å². The lowest BCUT2D eigenvalue weighted by Crippen LogP contribution is -2.26. The minimum absolute atomic E-state index is 0.107. The van der Waals surface area contributed by atoms with Crippen molar-refractivity contribution < 1.29 is 13.3 Å². The summed E-state index contributed by atoms with van der Waals surface area (Å²) in [5.41, 5.74) is 6.35. The Morgan fingerprint density at radius 1 is 1.30 bits per heavy atom. The van der Waals surface area contributed by atoms with Crippen LogP contribution in [0.4, 0.5) is 11.4 Å². The summed E-state index contributed by atoms with van der Waals surface area (Å²) in [4.78, 5) is 12.3. The third-order valence-corrected chi connectivity index (χ3v) is 5.06. The molecule has 0 bridgehead atoms. The summed E-state index contributed by atoms with van der Waals surface area (Å²) in [5, 5.41) is 10.8. The van der Waals surface area contributed by atoms with Crippen molar-refractivity contribution in [2.24, 2.45) is 0 Å². The summed E-state index contributed by atoms with van der Waals surface area (Å²) in [6, 6.07) is 4.71. The molecule has 0 spiro atoms. The first-order chi connectivity index (χ1) is 9.37. The van der Waals surface area contributed by atoms with Gasteiger partial charge >= 0.3 is 0 Å². The number of sulfone groups is 1. The lowest BCUT2D eigenvalue weighted by Gasteiger charge is -2.19. The molecule has 1 aromatic carbocycles. The first-order valence-electron chi connectivity index (χ1n) is 6.33. The van der Waals surface area contributed by atoms with Gasteiger partial charge in [0, 0.05) is 19.2 Å². The first-order valence-corrected chi connectivity index (χ1v) is 8.15. The summed E-state index contributed by atoms with van der Waals surface area (Å²) >= 11 is 0. The number of anilines is 1. The molecule has 2 rings (SSSR count). The third kappa shape index (κ3) is 3.67. The highest BCUT2D eigenvalue weighted by Gasteiger charge is 2.20. The van der Waals surface area contributed by atoms with Gasteiger partial charge in [0.05, 0.1) is 16.4 Å². The number of nitrogens with two attached hydrogens (primary N) is 1. The molecule has 20 heavy (non-hydrogen) atoms. The van der Waals surface area contributed by atoms with E-state index in [1.165, 1.54) is 12.1 Å². The molecular formula is C12H17N3O4S. The molecule has 1 heterocycles. The van der Waals surface area contributed by atoms with Crippen LogP contribution in [0.15, 0.2) is 18.2 Å². The molecule has 2 N–H and O–H groups in total. The van der Waals surface area contributed by atoms with Crippen molar-refractivity contribution >= 4 is 21.2 Å². The minimum atomic E-state index is -2.94. The van der Waals surface area contributed by atoms with Gasteiger partial charge in [-0.2, -0.15) is 0 Å². The predicted octanol–water partition coefficient (Wildman–Crippen LogP) is 0.798. The van der Waals surface area contributed by atoms with Gasteiger partial charge in [0.1, 0.15) is 5.69 Å². The number of nitrogens with zero attached hydrogens (tertiary/aromatic N) is 2. The molecule has 0 atom stereocenters. The van der Waals surface area contributed by atoms with E-state index in [1.54, 1.807) is 6.07 Å². The van der Waals surface area contributed by atoms with Crippen molar-refractivity contribution in [3.05, 3.63) is 33.9 Å². The number of benzene rings is 1. The number of nitrogen functional groups attached to an aromatic ring is 1. The van der Waals surface area contributed by atoms with Gasteiger partial charge in [-0.15, -0.1) is 0 Å². The highest BCUT2D eigenvalue weighted by atomic mass is 32.2. The van der Waals surface area contributed by atoms with Crippen molar-refractivity contribution in [2.45, 2.75) is 13.0 Å². The Bertz CT molecular complexity index is 615. The second-order valence-corrected chi connectivity index (χ2v) is 7.24. The zero-order valence-electron chi connectivity index (χ0n) is 11.0. The molecule has 1 aliphatic heterocycles. The Morgan fingerprint density at radius 2 is 2.05 bits per heavy atom. The quantitative estimate of drug-likeness (QED) is 0.502. The lowest BCUT2D eigenvalue weighted by atomic mass is 10.1. The van der Waals surface area contributed by atoms with Crippen LogP contribution in [0.5, 0.6) is 0 Å². The largest absolute Gasteiger partial charge is 0.393 e. The Labute approximate surface area is 117 Å². The summed E-state index contributed by atoms with van der Waals surface area (Å²) in [6.07, 6.45) is 0.597. The fraction of sp³-hybridized carbons (Fsp3) is 0.500. The van der Waals surface area contributed by atoms with Crippen LogP contribution in [-0.2, 0) is 16.4 Å². The predicted molar refractivity (Wildman–Crippen MR) is 76.1 cm³/mol. The normalized spacial score (nSPS) is 19.4. The van der Waals surface area contributed by atoms with Gasteiger partial charge in [-0.05, 0) is 24.6 Å². The van der Waals surface area contributed by atoms with Crippen LogP contribution < -0.4 is 5.73 Å². The molecule has 0 aliphatic carbocycles. The minimum Gasteiger partial charge on any atom is -0.393 e. The highest BCUT2D eigenvalue weighted by molar-refractivity contribution is 7.91. The van der Waals surface area contributed by atoms with Crippen LogP contribution in [0.3, 0.4) is 0 Å². The molecule has 1 aliphatic rings. The molecule has 1 saturated heterocycles. The van der Waals surface area contributed by atoms with Crippen LogP contribution >= 0.6 is 0 Å². The second-order valence-electron chi connectivity index (χ2n) is 4.93. The Morgan fingerprint density at radius 3 is 2.75 bits per heavy atom. The van der Waals surface area contributed by atoms with E-state index in [9.17, 15) is 18.5 Å². The summed E-state index contributed by atoms with van der Waals surface area (Å²) in [7, 11) is -2.94. The first kappa shape index (κ1) is 14.7. The molecule has 8 heteroatoms. The highest BCUT2D eigenvalue weighted by Crippen LogP contribution is 2.23. The summed E-state index contributed by atoms with van der Waals surface area (Å²) in [5.74, 6) is 0.357.